The molecule has 0 bridgehead atoms. The average Bonchev–Trinajstić information content (AvgIpc) is 3.19. The second kappa shape index (κ2) is 8.32. The van der Waals surface area contributed by atoms with Crippen molar-refractivity contribution in [3.8, 4) is 0 Å². The molecule has 7 nitrogen and oxygen atoms in total. The molecule has 1 aromatic carbocycles. The molecule has 1 saturated heterocycles. The number of alkyl halides is 3. The van der Waals surface area contributed by atoms with Gasteiger partial charge in [-0.3, -0.25) is 4.79 Å². The first-order chi connectivity index (χ1) is 15.1. The molecular formula is C20H19F5N6O. The number of carbonyl (C=O) groups is 1. The number of rotatable bonds is 4. The maximum Gasteiger partial charge on any atom is 0.453 e. The number of aromatic nitrogens is 4. The maximum atomic E-state index is 13.4. The molecule has 170 valence electrons. The van der Waals surface area contributed by atoms with E-state index in [0.29, 0.717) is 41.8 Å². The first kappa shape index (κ1) is 21.9. The summed E-state index contributed by atoms with van der Waals surface area (Å²) < 4.78 is 66.4. The molecular weight excluding hydrogens is 435 g/mol. The van der Waals surface area contributed by atoms with E-state index in [1.807, 2.05) is 0 Å². The Morgan fingerprint density at radius 1 is 1.09 bits per heavy atom. The summed E-state index contributed by atoms with van der Waals surface area (Å²) in [5.74, 6) is -3.35. The van der Waals surface area contributed by atoms with Crippen molar-refractivity contribution in [3.63, 3.8) is 0 Å². The Kier molecular flexibility index (Phi) is 5.70. The summed E-state index contributed by atoms with van der Waals surface area (Å²) in [6, 6.07) is 5.94. The minimum absolute atomic E-state index is 0.0124. The third kappa shape index (κ3) is 4.34. The Bertz CT molecular complexity index is 1140. The summed E-state index contributed by atoms with van der Waals surface area (Å²) >= 11 is 0. The van der Waals surface area contributed by atoms with Crippen LogP contribution in [0.3, 0.4) is 0 Å². The van der Waals surface area contributed by atoms with Gasteiger partial charge in [-0.1, -0.05) is 6.07 Å². The van der Waals surface area contributed by atoms with Crippen LogP contribution >= 0.6 is 0 Å². The first-order valence-corrected chi connectivity index (χ1v) is 9.93. The topological polar surface area (TPSA) is 75.4 Å². The molecule has 1 N–H and O–H groups in total. The minimum atomic E-state index is -4.68. The SMILES string of the molecule is C[C@@H](NC(=O)C1CCN(c2ccc3nnc(C(F)(F)F)n3n2)CC1)c1ccc(F)c(F)c1. The summed E-state index contributed by atoms with van der Waals surface area (Å²) in [6.45, 7) is 2.51. The molecule has 1 aliphatic heterocycles. The zero-order chi connectivity index (χ0) is 23.0. The van der Waals surface area contributed by atoms with Gasteiger partial charge in [0.2, 0.25) is 5.91 Å². The van der Waals surface area contributed by atoms with E-state index in [1.54, 1.807) is 17.9 Å². The van der Waals surface area contributed by atoms with Gasteiger partial charge in [0, 0.05) is 19.0 Å². The van der Waals surface area contributed by atoms with Gasteiger partial charge in [-0.2, -0.15) is 17.7 Å². The van der Waals surface area contributed by atoms with Gasteiger partial charge in [0.25, 0.3) is 5.82 Å². The van der Waals surface area contributed by atoms with Crippen LogP contribution in [0.15, 0.2) is 30.3 Å². The van der Waals surface area contributed by atoms with Crippen molar-refractivity contribution >= 4 is 17.4 Å². The smallest absolute Gasteiger partial charge is 0.355 e. The molecule has 2 aromatic heterocycles. The molecule has 1 atom stereocenters. The van der Waals surface area contributed by atoms with Crippen LogP contribution in [0, 0.1) is 17.6 Å². The predicted molar refractivity (Wildman–Crippen MR) is 104 cm³/mol. The number of amides is 1. The largest absolute Gasteiger partial charge is 0.453 e. The Morgan fingerprint density at radius 3 is 2.47 bits per heavy atom. The molecule has 3 heterocycles. The third-order valence-electron chi connectivity index (χ3n) is 5.49. The number of halogens is 5. The Morgan fingerprint density at radius 2 is 1.81 bits per heavy atom. The lowest BCUT2D eigenvalue weighted by atomic mass is 9.95. The highest BCUT2D eigenvalue weighted by atomic mass is 19.4. The van der Waals surface area contributed by atoms with Crippen LogP contribution in [0.1, 0.15) is 37.2 Å². The van der Waals surface area contributed by atoms with Gasteiger partial charge in [-0.05, 0) is 49.6 Å². The maximum absolute atomic E-state index is 13.4. The molecule has 0 radical (unpaired) electrons. The van der Waals surface area contributed by atoms with E-state index >= 15 is 0 Å². The Labute approximate surface area is 179 Å². The fourth-order valence-corrected chi connectivity index (χ4v) is 3.69. The van der Waals surface area contributed by atoms with Crippen LogP contribution in [0.4, 0.5) is 27.8 Å². The molecule has 3 aromatic rings. The van der Waals surface area contributed by atoms with E-state index in [1.165, 1.54) is 12.1 Å². The molecule has 0 saturated carbocycles. The Hall–Kier alpha value is -3.31. The molecule has 4 rings (SSSR count). The van der Waals surface area contributed by atoms with Crippen molar-refractivity contribution in [2.24, 2.45) is 5.92 Å². The van der Waals surface area contributed by atoms with Crippen molar-refractivity contribution in [2.75, 3.05) is 18.0 Å². The van der Waals surface area contributed by atoms with Crippen LogP contribution in [0.2, 0.25) is 0 Å². The lowest BCUT2D eigenvalue weighted by Crippen LogP contribution is -2.41. The standard InChI is InChI=1S/C20H19F5N6O/c1-11(13-2-3-14(21)15(22)10-13)26-18(32)12-6-8-30(9-7-12)17-5-4-16-27-28-19(20(23,24)25)31(16)29-17/h2-5,10-12H,6-9H2,1H3,(H,26,32)/t11-/m1/s1. The number of nitrogens with one attached hydrogen (secondary N) is 1. The number of hydrogen-bond acceptors (Lipinski definition) is 5. The summed E-state index contributed by atoms with van der Waals surface area (Å²) in [4.78, 5) is 14.4. The van der Waals surface area contributed by atoms with Crippen molar-refractivity contribution in [1.82, 2.24) is 25.1 Å². The zero-order valence-corrected chi connectivity index (χ0v) is 16.9. The van der Waals surface area contributed by atoms with E-state index < -0.39 is 29.7 Å². The molecule has 0 unspecified atom stereocenters. The number of nitrogens with zero attached hydrogens (tertiary/aromatic N) is 5. The minimum Gasteiger partial charge on any atom is -0.355 e. The summed E-state index contributed by atoms with van der Waals surface area (Å²) in [7, 11) is 0. The van der Waals surface area contributed by atoms with Crippen LogP contribution < -0.4 is 10.2 Å². The number of benzene rings is 1. The number of hydrogen-bond donors (Lipinski definition) is 1. The first-order valence-electron chi connectivity index (χ1n) is 9.93. The average molecular weight is 454 g/mol. The van der Waals surface area contributed by atoms with Crippen LogP contribution in [0.5, 0.6) is 0 Å². The number of piperidine rings is 1. The zero-order valence-electron chi connectivity index (χ0n) is 16.9. The van der Waals surface area contributed by atoms with Gasteiger partial charge in [0.15, 0.2) is 17.3 Å². The van der Waals surface area contributed by atoms with Crippen LogP contribution in [-0.4, -0.2) is 38.8 Å². The highest BCUT2D eigenvalue weighted by Gasteiger charge is 2.38. The normalized spacial score (nSPS) is 16.4. The number of anilines is 1. The van der Waals surface area contributed by atoms with Crippen molar-refractivity contribution in [2.45, 2.75) is 32.0 Å². The van der Waals surface area contributed by atoms with Gasteiger partial charge in [-0.15, -0.1) is 15.3 Å². The fraction of sp³-hybridized carbons (Fsp3) is 0.400. The third-order valence-corrected chi connectivity index (χ3v) is 5.49. The van der Waals surface area contributed by atoms with E-state index in [-0.39, 0.29) is 17.5 Å². The molecule has 0 aliphatic carbocycles. The van der Waals surface area contributed by atoms with Crippen LogP contribution in [0.25, 0.3) is 5.65 Å². The molecule has 0 spiro atoms. The number of fused-ring (bicyclic) bond motifs is 1. The highest BCUT2D eigenvalue weighted by Crippen LogP contribution is 2.29. The molecule has 1 amide bonds. The molecule has 1 fully saturated rings. The van der Waals surface area contributed by atoms with Gasteiger partial charge < -0.3 is 10.2 Å². The lowest BCUT2D eigenvalue weighted by molar-refractivity contribution is -0.146. The van der Waals surface area contributed by atoms with Crippen molar-refractivity contribution < 1.29 is 26.7 Å². The van der Waals surface area contributed by atoms with Gasteiger partial charge in [0.05, 0.1) is 6.04 Å². The van der Waals surface area contributed by atoms with E-state index in [2.05, 4.69) is 20.6 Å². The molecule has 32 heavy (non-hydrogen) atoms. The molecule has 1 aliphatic rings. The van der Waals surface area contributed by atoms with E-state index in [4.69, 9.17) is 0 Å². The Balaban J connectivity index is 1.39. The van der Waals surface area contributed by atoms with Gasteiger partial charge in [-0.25, -0.2) is 8.78 Å². The van der Waals surface area contributed by atoms with Crippen LogP contribution in [-0.2, 0) is 11.0 Å². The molecule has 12 heteroatoms. The van der Waals surface area contributed by atoms with E-state index in [9.17, 15) is 26.7 Å². The van der Waals surface area contributed by atoms with Crippen molar-refractivity contribution in [3.05, 3.63) is 53.4 Å². The quantitative estimate of drug-likeness (QED) is 0.611. The summed E-state index contributed by atoms with van der Waals surface area (Å²) in [5.41, 5.74) is 0.433. The second-order valence-corrected chi connectivity index (χ2v) is 7.65. The summed E-state index contributed by atoms with van der Waals surface area (Å²) in [6.07, 6.45) is -3.75. The number of carbonyl (C=O) groups excluding carboxylic acids is 1. The van der Waals surface area contributed by atoms with Crippen molar-refractivity contribution in [1.29, 1.82) is 0 Å². The lowest BCUT2D eigenvalue weighted by Gasteiger charge is -2.32. The monoisotopic (exact) mass is 454 g/mol. The summed E-state index contributed by atoms with van der Waals surface area (Å²) in [5, 5.41) is 13.5. The van der Waals surface area contributed by atoms with Gasteiger partial charge >= 0.3 is 6.18 Å². The fourth-order valence-electron chi connectivity index (χ4n) is 3.69. The highest BCUT2D eigenvalue weighted by molar-refractivity contribution is 5.79. The predicted octanol–water partition coefficient (Wildman–Crippen LogP) is 3.52. The van der Waals surface area contributed by atoms with E-state index in [0.717, 1.165) is 12.1 Å². The second-order valence-electron chi connectivity index (χ2n) is 7.65. The van der Waals surface area contributed by atoms with Gasteiger partial charge in [0.1, 0.15) is 5.82 Å².